The monoisotopic (exact) mass is 542 g/mol. The lowest BCUT2D eigenvalue weighted by Crippen LogP contribution is -2.40. The zero-order valence-corrected chi connectivity index (χ0v) is 22.2. The number of aromatic nitrogens is 3. The van der Waals surface area contributed by atoms with Crippen LogP contribution in [0.3, 0.4) is 0 Å². The van der Waals surface area contributed by atoms with Gasteiger partial charge in [0, 0.05) is 39.3 Å². The molecule has 2 aromatic heterocycles. The number of nitrogens with one attached hydrogen (secondary N) is 3. The topological polar surface area (TPSA) is 121 Å². The van der Waals surface area contributed by atoms with Crippen molar-refractivity contribution in [1.29, 1.82) is 0 Å². The Balaban J connectivity index is 1.32. The lowest BCUT2D eigenvalue weighted by molar-refractivity contribution is -0.123. The van der Waals surface area contributed by atoms with Crippen molar-refractivity contribution in [1.82, 2.24) is 25.5 Å². The second kappa shape index (κ2) is 10.9. The number of para-hydroxylation sites is 1. The van der Waals surface area contributed by atoms with Crippen LogP contribution in [0.4, 0.5) is 0 Å². The summed E-state index contributed by atoms with van der Waals surface area (Å²) in [6, 6.07) is 28.4. The molecular weight excluding hydrogens is 516 g/mol. The van der Waals surface area contributed by atoms with E-state index in [0.29, 0.717) is 16.3 Å². The molecule has 41 heavy (non-hydrogen) atoms. The number of amides is 2. The summed E-state index contributed by atoms with van der Waals surface area (Å²) in [6.45, 7) is 2.96. The molecule has 9 heteroatoms. The van der Waals surface area contributed by atoms with Crippen LogP contribution in [0.15, 0.2) is 107 Å². The normalized spacial score (nSPS) is 12.2. The number of nitrogens with zero attached hydrogens (tertiary/aromatic N) is 3. The van der Waals surface area contributed by atoms with Crippen molar-refractivity contribution in [3.63, 3.8) is 0 Å². The summed E-state index contributed by atoms with van der Waals surface area (Å²) >= 11 is 0. The van der Waals surface area contributed by atoms with Crippen LogP contribution in [0, 0.1) is 0 Å². The van der Waals surface area contributed by atoms with Crippen LogP contribution in [-0.2, 0) is 11.3 Å². The molecule has 0 spiro atoms. The van der Waals surface area contributed by atoms with Gasteiger partial charge in [0.2, 0.25) is 0 Å². The number of H-pyrrole nitrogens is 1. The van der Waals surface area contributed by atoms with Crippen molar-refractivity contribution < 1.29 is 9.59 Å². The Morgan fingerprint density at radius 2 is 1.56 bits per heavy atom. The van der Waals surface area contributed by atoms with E-state index in [0.717, 1.165) is 33.9 Å². The van der Waals surface area contributed by atoms with E-state index in [2.05, 4.69) is 49.7 Å². The second-order valence-electron chi connectivity index (χ2n) is 9.53. The molecule has 2 heterocycles. The molecule has 6 rings (SSSR count). The van der Waals surface area contributed by atoms with Crippen molar-refractivity contribution in [2.24, 2.45) is 5.10 Å². The average Bonchev–Trinajstić information content (AvgIpc) is 3.33. The van der Waals surface area contributed by atoms with Gasteiger partial charge in [0.1, 0.15) is 5.69 Å². The van der Waals surface area contributed by atoms with E-state index in [1.807, 2.05) is 30.3 Å². The molecule has 0 unspecified atom stereocenters. The van der Waals surface area contributed by atoms with Crippen LogP contribution < -0.4 is 16.3 Å². The maximum atomic E-state index is 13.5. The van der Waals surface area contributed by atoms with Crippen molar-refractivity contribution in [3.05, 3.63) is 124 Å². The standard InChI is InChI=1S/C32H26N6O3/c1-2-38-26-15-9-8-12-22(26)25-18-20(16-17-27(25)38)19-33-36-32(41)29(34-30(39)21-10-4-3-5-11-21)28-23-13-6-7-14-24(23)31(40)37-35-28/h3-19,29H,2H2,1H3,(H,34,39)(H,36,41)(H,37,40)/b33-19-/t29-/m0/s1. The summed E-state index contributed by atoms with van der Waals surface area (Å²) in [5.41, 5.74) is 5.81. The number of hydrogen-bond donors (Lipinski definition) is 3. The number of aryl methyl sites for hydroxylation is 1. The number of aromatic amines is 1. The molecule has 3 N–H and O–H groups in total. The first-order valence-electron chi connectivity index (χ1n) is 13.2. The summed E-state index contributed by atoms with van der Waals surface area (Å²) in [7, 11) is 0. The molecule has 4 aromatic carbocycles. The molecule has 0 fully saturated rings. The fraction of sp³-hybridized carbons (Fsp3) is 0.0938. The Morgan fingerprint density at radius 3 is 2.34 bits per heavy atom. The molecule has 9 nitrogen and oxygen atoms in total. The van der Waals surface area contributed by atoms with Crippen LogP contribution in [0.25, 0.3) is 32.6 Å². The molecule has 0 radical (unpaired) electrons. The van der Waals surface area contributed by atoms with Gasteiger partial charge in [-0.05, 0) is 48.9 Å². The van der Waals surface area contributed by atoms with Gasteiger partial charge in [0.25, 0.3) is 17.4 Å². The summed E-state index contributed by atoms with van der Waals surface area (Å²) in [6.07, 6.45) is 1.56. The maximum absolute atomic E-state index is 13.5. The lowest BCUT2D eigenvalue weighted by Gasteiger charge is -2.18. The second-order valence-corrected chi connectivity index (χ2v) is 9.53. The van der Waals surface area contributed by atoms with Gasteiger partial charge in [0.05, 0.1) is 11.6 Å². The Kier molecular flexibility index (Phi) is 6.83. The number of fused-ring (bicyclic) bond motifs is 4. The highest BCUT2D eigenvalue weighted by Crippen LogP contribution is 2.29. The largest absolute Gasteiger partial charge is 0.341 e. The van der Waals surface area contributed by atoms with E-state index >= 15 is 0 Å². The molecule has 0 bridgehead atoms. The van der Waals surface area contributed by atoms with E-state index in [9.17, 15) is 14.4 Å². The van der Waals surface area contributed by atoms with E-state index in [1.165, 1.54) is 0 Å². The van der Waals surface area contributed by atoms with Gasteiger partial charge < -0.3 is 9.88 Å². The van der Waals surface area contributed by atoms with E-state index in [4.69, 9.17) is 0 Å². The molecule has 1 atom stereocenters. The van der Waals surface area contributed by atoms with Gasteiger partial charge in [-0.1, -0.05) is 60.7 Å². The average molecular weight is 543 g/mol. The smallest absolute Gasteiger partial charge is 0.272 e. The highest BCUT2D eigenvalue weighted by atomic mass is 16.2. The van der Waals surface area contributed by atoms with E-state index in [1.54, 1.807) is 60.8 Å². The fourth-order valence-electron chi connectivity index (χ4n) is 5.15. The first-order valence-corrected chi connectivity index (χ1v) is 13.2. The molecule has 0 saturated heterocycles. The molecule has 0 aliphatic heterocycles. The Morgan fingerprint density at radius 1 is 0.878 bits per heavy atom. The molecular formula is C32H26N6O3. The van der Waals surface area contributed by atoms with Crippen LogP contribution >= 0.6 is 0 Å². The number of hydrogen-bond acceptors (Lipinski definition) is 5. The first-order chi connectivity index (χ1) is 20.0. The van der Waals surface area contributed by atoms with E-state index in [-0.39, 0.29) is 5.69 Å². The Labute approximate surface area is 234 Å². The lowest BCUT2D eigenvalue weighted by atomic mass is 10.0. The molecule has 202 valence electrons. The Hall–Kier alpha value is -5.57. The maximum Gasteiger partial charge on any atom is 0.272 e. The predicted octanol–water partition coefficient (Wildman–Crippen LogP) is 4.67. The quantitative estimate of drug-likeness (QED) is 0.200. The van der Waals surface area contributed by atoms with Crippen LogP contribution in [0.5, 0.6) is 0 Å². The highest BCUT2D eigenvalue weighted by molar-refractivity contribution is 6.09. The Bertz CT molecular complexity index is 2010. The van der Waals surface area contributed by atoms with Gasteiger partial charge in [0.15, 0.2) is 6.04 Å². The minimum atomic E-state index is -1.23. The molecule has 6 aromatic rings. The molecule has 0 saturated carbocycles. The van der Waals surface area contributed by atoms with Crippen LogP contribution in [-0.4, -0.2) is 32.8 Å². The number of carbonyl (C=O) groups excluding carboxylic acids is 2. The highest BCUT2D eigenvalue weighted by Gasteiger charge is 2.27. The zero-order chi connectivity index (χ0) is 28.3. The van der Waals surface area contributed by atoms with Crippen molar-refractivity contribution in [2.75, 3.05) is 0 Å². The summed E-state index contributed by atoms with van der Waals surface area (Å²) < 4.78 is 2.26. The summed E-state index contributed by atoms with van der Waals surface area (Å²) in [5.74, 6) is -1.08. The molecule has 0 aliphatic rings. The van der Waals surface area contributed by atoms with Gasteiger partial charge in [-0.25, -0.2) is 10.5 Å². The van der Waals surface area contributed by atoms with E-state index < -0.39 is 23.4 Å². The number of hydrazone groups is 1. The summed E-state index contributed by atoms with van der Waals surface area (Å²) in [5, 5.41) is 16.6. The van der Waals surface area contributed by atoms with Crippen molar-refractivity contribution >= 4 is 50.6 Å². The van der Waals surface area contributed by atoms with Crippen molar-refractivity contribution in [3.8, 4) is 0 Å². The number of carbonyl (C=O) groups is 2. The third-order valence-corrected chi connectivity index (χ3v) is 7.07. The first kappa shape index (κ1) is 25.7. The zero-order valence-electron chi connectivity index (χ0n) is 22.2. The van der Waals surface area contributed by atoms with Crippen LogP contribution in [0.2, 0.25) is 0 Å². The number of benzene rings is 4. The molecule has 0 aliphatic carbocycles. The third kappa shape index (κ3) is 4.85. The minimum Gasteiger partial charge on any atom is -0.341 e. The SMILES string of the molecule is CCn1c2ccccc2c2cc(/C=N\NC(=O)[C@@H](NC(=O)c3ccccc3)c3n[nH]c(=O)c4ccccc34)ccc21. The predicted molar refractivity (Wildman–Crippen MR) is 160 cm³/mol. The van der Waals surface area contributed by atoms with Gasteiger partial charge >= 0.3 is 0 Å². The third-order valence-electron chi connectivity index (χ3n) is 7.07. The van der Waals surface area contributed by atoms with Crippen LogP contribution in [0.1, 0.15) is 34.6 Å². The van der Waals surface area contributed by atoms with Gasteiger partial charge in [-0.2, -0.15) is 10.2 Å². The summed E-state index contributed by atoms with van der Waals surface area (Å²) in [4.78, 5) is 38.9. The van der Waals surface area contributed by atoms with Gasteiger partial charge in [-0.15, -0.1) is 0 Å². The fourth-order valence-corrected chi connectivity index (χ4v) is 5.15. The molecule has 2 amide bonds. The number of rotatable bonds is 7. The van der Waals surface area contributed by atoms with Gasteiger partial charge in [-0.3, -0.25) is 14.4 Å². The van der Waals surface area contributed by atoms with Crippen molar-refractivity contribution in [2.45, 2.75) is 19.5 Å². The minimum absolute atomic E-state index is 0.200.